The molecule has 0 fully saturated rings. The Labute approximate surface area is 99.2 Å². The van der Waals surface area contributed by atoms with Crippen LogP contribution in [0, 0.1) is 18.3 Å². The summed E-state index contributed by atoms with van der Waals surface area (Å²) in [5, 5.41) is 9.01. The summed E-state index contributed by atoms with van der Waals surface area (Å²) >= 11 is 0. The first kappa shape index (κ1) is 12.9. The fourth-order valence-corrected chi connectivity index (χ4v) is 1.39. The highest BCUT2D eigenvalue weighted by Crippen LogP contribution is 2.23. The topological polar surface area (TPSA) is 85.1 Å². The molecule has 90 valence electrons. The van der Waals surface area contributed by atoms with E-state index in [1.54, 1.807) is 13.8 Å². The molecule has 1 heterocycles. The van der Waals surface area contributed by atoms with Gasteiger partial charge in [0.05, 0.1) is 25.5 Å². The van der Waals surface area contributed by atoms with Gasteiger partial charge in [0.1, 0.15) is 6.33 Å². The van der Waals surface area contributed by atoms with Crippen LogP contribution >= 0.6 is 0 Å². The maximum Gasteiger partial charge on any atom is 0.329 e. The van der Waals surface area contributed by atoms with Crippen molar-refractivity contribution < 1.29 is 14.3 Å². The zero-order valence-electron chi connectivity index (χ0n) is 9.93. The number of aromatic nitrogens is 2. The Morgan fingerprint density at radius 3 is 2.82 bits per heavy atom. The standard InChI is InChI=1S/C11H13N3O3/c1-4-17-11(15)8(5-12)9-7(2)10(16-3)14-6-13-9/h6,8H,4H2,1-3H3. The third kappa shape index (κ3) is 2.69. The molecule has 1 rings (SSSR count). The van der Waals surface area contributed by atoms with Crippen molar-refractivity contribution in [1.29, 1.82) is 5.26 Å². The second kappa shape index (κ2) is 5.80. The molecule has 1 aromatic rings. The van der Waals surface area contributed by atoms with E-state index in [0.29, 0.717) is 17.1 Å². The van der Waals surface area contributed by atoms with Crippen LogP contribution in [0.15, 0.2) is 6.33 Å². The molecule has 0 N–H and O–H groups in total. The lowest BCUT2D eigenvalue weighted by Crippen LogP contribution is -2.17. The van der Waals surface area contributed by atoms with E-state index in [9.17, 15) is 4.79 Å². The quantitative estimate of drug-likeness (QED) is 0.723. The Morgan fingerprint density at radius 1 is 1.59 bits per heavy atom. The van der Waals surface area contributed by atoms with Gasteiger partial charge in [-0.2, -0.15) is 5.26 Å². The van der Waals surface area contributed by atoms with E-state index in [1.165, 1.54) is 13.4 Å². The number of hydrogen-bond donors (Lipinski definition) is 0. The van der Waals surface area contributed by atoms with Gasteiger partial charge in [0.25, 0.3) is 0 Å². The third-order valence-electron chi connectivity index (χ3n) is 2.20. The van der Waals surface area contributed by atoms with E-state index in [4.69, 9.17) is 14.7 Å². The molecule has 0 radical (unpaired) electrons. The van der Waals surface area contributed by atoms with Crippen LogP contribution in [0.2, 0.25) is 0 Å². The molecular formula is C11H13N3O3. The fourth-order valence-electron chi connectivity index (χ4n) is 1.39. The SMILES string of the molecule is CCOC(=O)C(C#N)c1ncnc(OC)c1C. The number of nitriles is 1. The minimum Gasteiger partial charge on any atom is -0.481 e. The van der Waals surface area contributed by atoms with Gasteiger partial charge in [-0.1, -0.05) is 0 Å². The number of nitrogens with zero attached hydrogens (tertiary/aromatic N) is 3. The Hall–Kier alpha value is -2.16. The van der Waals surface area contributed by atoms with E-state index in [0.717, 1.165) is 0 Å². The maximum absolute atomic E-state index is 11.6. The van der Waals surface area contributed by atoms with Crippen molar-refractivity contribution >= 4 is 5.97 Å². The lowest BCUT2D eigenvalue weighted by atomic mass is 10.0. The Morgan fingerprint density at radius 2 is 2.29 bits per heavy atom. The highest BCUT2D eigenvalue weighted by atomic mass is 16.5. The lowest BCUT2D eigenvalue weighted by Gasteiger charge is -2.11. The van der Waals surface area contributed by atoms with E-state index in [2.05, 4.69) is 9.97 Å². The average molecular weight is 235 g/mol. The Balaban J connectivity index is 3.13. The Kier molecular flexibility index (Phi) is 4.40. The number of rotatable bonds is 4. The first-order chi connectivity index (χ1) is 8.15. The highest BCUT2D eigenvalue weighted by molar-refractivity contribution is 5.81. The van der Waals surface area contributed by atoms with Crippen LogP contribution in [0.5, 0.6) is 5.88 Å². The van der Waals surface area contributed by atoms with Gasteiger partial charge in [0.2, 0.25) is 5.88 Å². The lowest BCUT2D eigenvalue weighted by molar-refractivity contribution is -0.143. The smallest absolute Gasteiger partial charge is 0.329 e. The van der Waals surface area contributed by atoms with Crippen molar-refractivity contribution in [2.24, 2.45) is 0 Å². The molecule has 0 bridgehead atoms. The molecule has 1 unspecified atom stereocenters. The number of methoxy groups -OCH3 is 1. The summed E-state index contributed by atoms with van der Waals surface area (Å²) in [6.07, 6.45) is 1.25. The summed E-state index contributed by atoms with van der Waals surface area (Å²) in [6, 6.07) is 1.87. The first-order valence-electron chi connectivity index (χ1n) is 5.07. The van der Waals surface area contributed by atoms with Crippen LogP contribution in [0.1, 0.15) is 24.1 Å². The molecule has 6 nitrogen and oxygen atoms in total. The van der Waals surface area contributed by atoms with Gasteiger partial charge in [-0.3, -0.25) is 4.79 Å². The van der Waals surface area contributed by atoms with Crippen molar-refractivity contribution in [3.8, 4) is 11.9 Å². The first-order valence-corrected chi connectivity index (χ1v) is 5.07. The summed E-state index contributed by atoms with van der Waals surface area (Å²) < 4.78 is 9.82. The van der Waals surface area contributed by atoms with Gasteiger partial charge in [-0.05, 0) is 13.8 Å². The molecular weight excluding hydrogens is 222 g/mol. The van der Waals surface area contributed by atoms with E-state index < -0.39 is 11.9 Å². The van der Waals surface area contributed by atoms with Crippen molar-refractivity contribution in [2.75, 3.05) is 13.7 Å². The van der Waals surface area contributed by atoms with Crippen molar-refractivity contribution in [1.82, 2.24) is 9.97 Å². The van der Waals surface area contributed by atoms with E-state index >= 15 is 0 Å². The minimum atomic E-state index is -1.05. The van der Waals surface area contributed by atoms with Crippen molar-refractivity contribution in [3.05, 3.63) is 17.6 Å². The predicted molar refractivity (Wildman–Crippen MR) is 58.3 cm³/mol. The average Bonchev–Trinajstić information content (AvgIpc) is 2.32. The summed E-state index contributed by atoms with van der Waals surface area (Å²) in [5.41, 5.74) is 0.882. The van der Waals surface area contributed by atoms with Gasteiger partial charge in [-0.15, -0.1) is 0 Å². The largest absolute Gasteiger partial charge is 0.481 e. The molecule has 0 amide bonds. The normalized spacial score (nSPS) is 11.4. The van der Waals surface area contributed by atoms with E-state index in [1.807, 2.05) is 6.07 Å². The summed E-state index contributed by atoms with van der Waals surface area (Å²) in [7, 11) is 1.46. The molecule has 0 spiro atoms. The van der Waals surface area contributed by atoms with Crippen LogP contribution in [0.25, 0.3) is 0 Å². The molecule has 6 heteroatoms. The molecule has 1 aromatic heterocycles. The molecule has 1 atom stereocenters. The number of hydrogen-bond acceptors (Lipinski definition) is 6. The molecule has 0 aliphatic rings. The van der Waals surface area contributed by atoms with Crippen LogP contribution in [0.3, 0.4) is 0 Å². The molecule has 17 heavy (non-hydrogen) atoms. The number of carbonyl (C=O) groups excluding carboxylic acids is 1. The zero-order valence-corrected chi connectivity index (χ0v) is 9.93. The zero-order chi connectivity index (χ0) is 12.8. The summed E-state index contributed by atoms with van der Waals surface area (Å²) in [4.78, 5) is 19.4. The van der Waals surface area contributed by atoms with Gasteiger partial charge in [0.15, 0.2) is 5.92 Å². The second-order valence-electron chi connectivity index (χ2n) is 3.21. The van der Waals surface area contributed by atoms with Gasteiger partial charge >= 0.3 is 5.97 Å². The van der Waals surface area contributed by atoms with Crippen LogP contribution in [0.4, 0.5) is 0 Å². The third-order valence-corrected chi connectivity index (χ3v) is 2.20. The summed E-state index contributed by atoms with van der Waals surface area (Å²) in [6.45, 7) is 3.59. The van der Waals surface area contributed by atoms with Crippen LogP contribution in [-0.4, -0.2) is 29.7 Å². The molecule has 0 aliphatic carbocycles. The molecule has 0 aliphatic heterocycles. The van der Waals surface area contributed by atoms with E-state index in [-0.39, 0.29) is 6.61 Å². The molecule has 0 aromatic carbocycles. The number of carbonyl (C=O) groups is 1. The minimum absolute atomic E-state index is 0.221. The second-order valence-corrected chi connectivity index (χ2v) is 3.21. The number of ether oxygens (including phenoxy) is 2. The maximum atomic E-state index is 11.6. The molecule has 0 saturated heterocycles. The fraction of sp³-hybridized carbons (Fsp3) is 0.455. The highest BCUT2D eigenvalue weighted by Gasteiger charge is 2.26. The van der Waals surface area contributed by atoms with Crippen molar-refractivity contribution in [2.45, 2.75) is 19.8 Å². The Bertz CT molecular complexity index is 454. The van der Waals surface area contributed by atoms with Crippen LogP contribution in [-0.2, 0) is 9.53 Å². The predicted octanol–water partition coefficient (Wildman–Crippen LogP) is 0.964. The van der Waals surface area contributed by atoms with Crippen molar-refractivity contribution in [3.63, 3.8) is 0 Å². The van der Waals surface area contributed by atoms with Crippen LogP contribution < -0.4 is 4.74 Å². The summed E-state index contributed by atoms with van der Waals surface area (Å²) in [5.74, 6) is -1.31. The van der Waals surface area contributed by atoms with Gasteiger partial charge < -0.3 is 9.47 Å². The number of esters is 1. The van der Waals surface area contributed by atoms with Gasteiger partial charge in [0, 0.05) is 5.56 Å². The molecule has 0 saturated carbocycles. The monoisotopic (exact) mass is 235 g/mol. The van der Waals surface area contributed by atoms with Gasteiger partial charge in [-0.25, -0.2) is 9.97 Å².